The minimum Gasteiger partial charge on any atom is -0.480 e. The summed E-state index contributed by atoms with van der Waals surface area (Å²) in [4.78, 5) is 31.2. The van der Waals surface area contributed by atoms with E-state index in [0.717, 1.165) is 34.0 Å². The third kappa shape index (κ3) is 3.90. The summed E-state index contributed by atoms with van der Waals surface area (Å²) in [5.74, 6) is -1.03. The zero-order chi connectivity index (χ0) is 18.0. The molecule has 0 spiro atoms. The van der Waals surface area contributed by atoms with E-state index in [4.69, 9.17) is 0 Å². The highest BCUT2D eigenvalue weighted by Gasteiger charge is 2.32. The van der Waals surface area contributed by atoms with Crippen LogP contribution in [0, 0.1) is 13.8 Å². The quantitative estimate of drug-likeness (QED) is 0.909. The topological polar surface area (TPSA) is 70.5 Å². The number of aliphatic carboxylic acids is 1. The molecule has 1 aliphatic heterocycles. The molecule has 1 aliphatic rings. The fraction of sp³-hybridized carbons (Fsp3) is 0.421. The largest absolute Gasteiger partial charge is 0.480 e. The minimum absolute atomic E-state index is 0.121. The van der Waals surface area contributed by atoms with Crippen molar-refractivity contribution in [1.82, 2.24) is 9.88 Å². The fourth-order valence-electron chi connectivity index (χ4n) is 3.25. The standard InChI is InChI=1S/C19H22N2O3S/c1-12-6-8-14(9-7-12)18-16(25-13(2)20-18)11-17(22)21-10-4-3-5-15(21)19(23)24/h6-9,15H,3-5,10-11H2,1-2H3,(H,23,24)/t15-/m1/s1. The van der Waals surface area contributed by atoms with Gasteiger partial charge in [0.05, 0.1) is 17.1 Å². The lowest BCUT2D eigenvalue weighted by atomic mass is 10.0. The zero-order valence-corrected chi connectivity index (χ0v) is 15.3. The van der Waals surface area contributed by atoms with Crippen LogP contribution in [0.15, 0.2) is 24.3 Å². The van der Waals surface area contributed by atoms with Gasteiger partial charge in [-0.3, -0.25) is 4.79 Å². The average Bonchev–Trinajstić information content (AvgIpc) is 2.95. The molecule has 1 aromatic heterocycles. The Labute approximate surface area is 151 Å². The predicted molar refractivity (Wildman–Crippen MR) is 97.7 cm³/mol. The molecule has 5 nitrogen and oxygen atoms in total. The summed E-state index contributed by atoms with van der Waals surface area (Å²) in [6, 6.07) is 7.39. The highest BCUT2D eigenvalue weighted by Crippen LogP contribution is 2.30. The Morgan fingerprint density at radius 3 is 2.64 bits per heavy atom. The van der Waals surface area contributed by atoms with Gasteiger partial charge in [-0.15, -0.1) is 11.3 Å². The predicted octanol–water partition coefficient (Wildman–Crippen LogP) is 3.44. The first-order valence-corrected chi connectivity index (χ1v) is 9.33. The van der Waals surface area contributed by atoms with Crippen LogP contribution >= 0.6 is 11.3 Å². The number of hydrogen-bond donors (Lipinski definition) is 1. The number of aromatic nitrogens is 1. The van der Waals surface area contributed by atoms with Crippen molar-refractivity contribution in [3.05, 3.63) is 39.7 Å². The number of hydrogen-bond acceptors (Lipinski definition) is 4. The van der Waals surface area contributed by atoms with Crippen LogP contribution in [0.4, 0.5) is 0 Å². The number of piperidine rings is 1. The first kappa shape index (κ1) is 17.6. The lowest BCUT2D eigenvalue weighted by Crippen LogP contribution is -2.48. The number of carboxylic acids is 1. The van der Waals surface area contributed by atoms with Crippen molar-refractivity contribution in [2.24, 2.45) is 0 Å². The number of nitrogens with zero attached hydrogens (tertiary/aromatic N) is 2. The van der Waals surface area contributed by atoms with E-state index in [-0.39, 0.29) is 12.3 Å². The van der Waals surface area contributed by atoms with Gasteiger partial charge in [-0.2, -0.15) is 0 Å². The lowest BCUT2D eigenvalue weighted by Gasteiger charge is -2.33. The highest BCUT2D eigenvalue weighted by molar-refractivity contribution is 7.12. The summed E-state index contributed by atoms with van der Waals surface area (Å²) in [7, 11) is 0. The number of carbonyl (C=O) groups is 2. The molecule has 2 heterocycles. The van der Waals surface area contributed by atoms with Crippen molar-refractivity contribution in [3.8, 4) is 11.3 Å². The summed E-state index contributed by atoms with van der Waals surface area (Å²) in [6.45, 7) is 4.48. The Morgan fingerprint density at radius 2 is 1.96 bits per heavy atom. The van der Waals surface area contributed by atoms with E-state index in [1.54, 1.807) is 0 Å². The number of likely N-dealkylation sites (tertiary alicyclic amines) is 1. The second-order valence-corrected chi connectivity index (χ2v) is 7.77. The fourth-order valence-corrected chi connectivity index (χ4v) is 4.20. The molecule has 25 heavy (non-hydrogen) atoms. The first-order chi connectivity index (χ1) is 12.0. The molecule has 1 fully saturated rings. The van der Waals surface area contributed by atoms with Gasteiger partial charge >= 0.3 is 5.97 Å². The molecule has 0 unspecified atom stereocenters. The van der Waals surface area contributed by atoms with E-state index in [9.17, 15) is 14.7 Å². The number of rotatable bonds is 4. The summed E-state index contributed by atoms with van der Waals surface area (Å²) < 4.78 is 0. The second kappa shape index (κ2) is 7.35. The number of thiazole rings is 1. The van der Waals surface area contributed by atoms with Crippen molar-refractivity contribution >= 4 is 23.2 Å². The SMILES string of the molecule is Cc1ccc(-c2nc(C)sc2CC(=O)N2CCCC[C@@H]2C(=O)O)cc1. The van der Waals surface area contributed by atoms with Gasteiger partial charge in [0.25, 0.3) is 0 Å². The van der Waals surface area contributed by atoms with Crippen LogP contribution in [-0.2, 0) is 16.0 Å². The molecule has 0 saturated carbocycles. The molecule has 0 aliphatic carbocycles. The molecule has 0 radical (unpaired) electrons. The number of carboxylic acid groups (broad SMARTS) is 1. The van der Waals surface area contributed by atoms with Crippen molar-refractivity contribution < 1.29 is 14.7 Å². The molecule has 3 rings (SSSR count). The Hall–Kier alpha value is -2.21. The van der Waals surface area contributed by atoms with Crippen LogP contribution in [0.25, 0.3) is 11.3 Å². The van der Waals surface area contributed by atoms with Crippen LogP contribution in [0.2, 0.25) is 0 Å². The van der Waals surface area contributed by atoms with Crippen molar-refractivity contribution in [2.45, 2.75) is 45.6 Å². The maximum Gasteiger partial charge on any atom is 0.326 e. The first-order valence-electron chi connectivity index (χ1n) is 8.51. The number of carbonyl (C=O) groups excluding carboxylic acids is 1. The van der Waals surface area contributed by atoms with Gasteiger partial charge in [0.15, 0.2) is 0 Å². The van der Waals surface area contributed by atoms with Gasteiger partial charge in [-0.25, -0.2) is 9.78 Å². The molecule has 1 aromatic carbocycles. The molecule has 2 aromatic rings. The Bertz CT molecular complexity index is 782. The van der Waals surface area contributed by atoms with Crippen molar-refractivity contribution in [1.29, 1.82) is 0 Å². The number of amides is 1. The second-order valence-electron chi connectivity index (χ2n) is 6.48. The molecule has 1 atom stereocenters. The van der Waals surface area contributed by atoms with E-state index in [2.05, 4.69) is 4.98 Å². The van der Waals surface area contributed by atoms with E-state index < -0.39 is 12.0 Å². The molecule has 1 N–H and O–H groups in total. The van der Waals surface area contributed by atoms with Gasteiger partial charge in [-0.1, -0.05) is 29.8 Å². The third-order valence-corrected chi connectivity index (χ3v) is 5.52. The molecule has 132 valence electrons. The van der Waals surface area contributed by atoms with E-state index in [1.165, 1.54) is 21.8 Å². The molecular formula is C19H22N2O3S. The number of benzene rings is 1. The Morgan fingerprint density at radius 1 is 1.24 bits per heavy atom. The average molecular weight is 358 g/mol. The summed E-state index contributed by atoms with van der Waals surface area (Å²) >= 11 is 1.51. The van der Waals surface area contributed by atoms with Crippen molar-refractivity contribution in [3.63, 3.8) is 0 Å². The smallest absolute Gasteiger partial charge is 0.326 e. The van der Waals surface area contributed by atoms with Gasteiger partial charge in [0.1, 0.15) is 6.04 Å². The maximum absolute atomic E-state index is 12.8. The molecular weight excluding hydrogens is 336 g/mol. The molecule has 1 saturated heterocycles. The van der Waals surface area contributed by atoms with Gasteiger partial charge in [-0.05, 0) is 33.1 Å². The Balaban J connectivity index is 1.84. The lowest BCUT2D eigenvalue weighted by molar-refractivity contribution is -0.151. The highest BCUT2D eigenvalue weighted by atomic mass is 32.1. The monoisotopic (exact) mass is 358 g/mol. The zero-order valence-electron chi connectivity index (χ0n) is 14.5. The van der Waals surface area contributed by atoms with Crippen LogP contribution in [0.3, 0.4) is 0 Å². The maximum atomic E-state index is 12.8. The van der Waals surface area contributed by atoms with Gasteiger partial charge in [0, 0.05) is 17.0 Å². The van der Waals surface area contributed by atoms with E-state index in [0.29, 0.717) is 13.0 Å². The summed E-state index contributed by atoms with van der Waals surface area (Å²) in [5.41, 5.74) is 3.00. The normalized spacial score (nSPS) is 17.5. The van der Waals surface area contributed by atoms with Crippen LogP contribution < -0.4 is 0 Å². The van der Waals surface area contributed by atoms with Crippen LogP contribution in [0.1, 0.15) is 34.7 Å². The summed E-state index contributed by atoms with van der Waals surface area (Å²) in [6.07, 6.45) is 2.46. The number of aryl methyl sites for hydroxylation is 2. The molecule has 6 heteroatoms. The van der Waals surface area contributed by atoms with Gasteiger partial charge in [0.2, 0.25) is 5.91 Å². The van der Waals surface area contributed by atoms with Crippen LogP contribution in [0.5, 0.6) is 0 Å². The third-order valence-electron chi connectivity index (χ3n) is 4.55. The van der Waals surface area contributed by atoms with Crippen molar-refractivity contribution in [2.75, 3.05) is 6.54 Å². The van der Waals surface area contributed by atoms with E-state index in [1.807, 2.05) is 38.1 Å². The summed E-state index contributed by atoms with van der Waals surface area (Å²) in [5, 5.41) is 10.3. The molecule has 1 amide bonds. The van der Waals surface area contributed by atoms with Crippen LogP contribution in [-0.4, -0.2) is 39.5 Å². The Kier molecular flexibility index (Phi) is 5.18. The van der Waals surface area contributed by atoms with E-state index >= 15 is 0 Å². The molecule has 0 bridgehead atoms. The van der Waals surface area contributed by atoms with Gasteiger partial charge < -0.3 is 10.0 Å². The minimum atomic E-state index is -0.910.